The molecule has 6 rings (SSSR count). The van der Waals surface area contributed by atoms with Gasteiger partial charge in [0.25, 0.3) is 11.1 Å². The first-order valence-electron chi connectivity index (χ1n) is 16.2. The van der Waals surface area contributed by atoms with E-state index in [9.17, 15) is 54.3 Å². The molecule has 0 unspecified atom stereocenters. The molecule has 0 saturated heterocycles. The lowest BCUT2D eigenvalue weighted by molar-refractivity contribution is -0.113. The van der Waals surface area contributed by atoms with Crippen molar-refractivity contribution in [1.29, 1.82) is 0 Å². The zero-order chi connectivity index (χ0) is 39.4. The third kappa shape index (κ3) is 12.3. The Bertz CT molecular complexity index is 2050. The number of hydrogen-bond donors (Lipinski definition) is 4. The summed E-state index contributed by atoms with van der Waals surface area (Å²) in [6.07, 6.45) is 0.985. The van der Waals surface area contributed by atoms with Crippen LogP contribution in [0.5, 0.6) is 0 Å². The van der Waals surface area contributed by atoms with E-state index >= 15 is 0 Å². The molecular formula is C34H35Cl2F8N6O4-. The molecule has 2 aliphatic rings. The van der Waals surface area contributed by atoms with Crippen LogP contribution in [-0.2, 0) is 0 Å². The molecule has 0 radical (unpaired) electrons. The number of anilines is 1. The fourth-order valence-corrected chi connectivity index (χ4v) is 6.29. The molecule has 0 bridgehead atoms. The Morgan fingerprint density at radius 2 is 1.09 bits per heavy atom. The maximum absolute atomic E-state index is 13.3. The van der Waals surface area contributed by atoms with Crippen LogP contribution in [0.2, 0.25) is 5.15 Å². The molecule has 2 aromatic carbocycles. The molecule has 20 heteroatoms. The normalized spacial score (nSPS) is 16.9. The van der Waals surface area contributed by atoms with Gasteiger partial charge in [0.2, 0.25) is 11.8 Å². The summed E-state index contributed by atoms with van der Waals surface area (Å²) in [7, 11) is 0. The quantitative estimate of drug-likeness (QED) is 0.159. The van der Waals surface area contributed by atoms with Crippen molar-refractivity contribution in [2.75, 3.05) is 5.32 Å². The molecule has 2 aromatic heterocycles. The van der Waals surface area contributed by atoms with Crippen LogP contribution in [-0.4, -0.2) is 43.0 Å². The molecule has 2 saturated carbocycles. The molecule has 4 aromatic rings. The molecular weight excluding hydrogens is 779 g/mol. The number of nitrogens with one attached hydrogen (secondary N) is 3. The van der Waals surface area contributed by atoms with Gasteiger partial charge in [-0.15, -0.1) is 0 Å². The fraction of sp³-hybridized carbons (Fsp3) is 0.412. The van der Waals surface area contributed by atoms with Crippen molar-refractivity contribution in [3.05, 3.63) is 119 Å². The minimum atomic E-state index is -2.60. The second-order valence-electron chi connectivity index (χ2n) is 13.3. The Balaban J connectivity index is 0.000000240. The summed E-state index contributed by atoms with van der Waals surface area (Å²) in [6.45, 7) is 3.61. The van der Waals surface area contributed by atoms with Gasteiger partial charge in [0.1, 0.15) is 34.2 Å². The van der Waals surface area contributed by atoms with Crippen molar-refractivity contribution in [2.45, 2.75) is 76.3 Å². The van der Waals surface area contributed by atoms with Crippen molar-refractivity contribution < 1.29 is 47.5 Å². The smallest absolute Gasteiger partial charge is 0.334 e. The highest BCUT2D eigenvalue weighted by atomic mass is 35.5. The number of H-pyrrole nitrogens is 2. The maximum atomic E-state index is 13.3. The van der Waals surface area contributed by atoms with Crippen LogP contribution in [0, 0.1) is 35.1 Å². The van der Waals surface area contributed by atoms with E-state index in [-0.39, 0.29) is 84.4 Å². The number of nitrogens with zero attached hydrogens (tertiary/aromatic N) is 2. The summed E-state index contributed by atoms with van der Waals surface area (Å²) in [5.74, 6) is -8.41. The Morgan fingerprint density at radius 1 is 0.704 bits per heavy atom. The summed E-state index contributed by atoms with van der Waals surface area (Å²) >= 11 is 5.46. The van der Waals surface area contributed by atoms with Crippen molar-refractivity contribution >= 4 is 17.4 Å². The van der Waals surface area contributed by atoms with Crippen molar-refractivity contribution in [1.82, 2.24) is 19.1 Å². The van der Waals surface area contributed by atoms with Gasteiger partial charge in [-0.05, 0) is 62.8 Å². The number of nitrogens with two attached hydrogens (primary N) is 1. The number of halogens is 10. The first-order valence-corrected chi connectivity index (χ1v) is 16.6. The van der Waals surface area contributed by atoms with Crippen molar-refractivity contribution in [3.8, 4) is 11.4 Å². The third-order valence-corrected chi connectivity index (χ3v) is 8.39. The predicted octanol–water partition coefficient (Wildman–Crippen LogP) is 3.27. The van der Waals surface area contributed by atoms with Gasteiger partial charge in [-0.3, -0.25) is 19.6 Å². The van der Waals surface area contributed by atoms with E-state index < -0.39 is 57.6 Å². The Kier molecular flexibility index (Phi) is 14.5. The predicted molar refractivity (Wildman–Crippen MR) is 181 cm³/mol. The first-order chi connectivity index (χ1) is 24.6. The molecule has 0 spiro atoms. The second-order valence-corrected chi connectivity index (χ2v) is 13.7. The minimum Gasteiger partial charge on any atom is -1.00 e. The molecule has 2 atom stereocenters. The van der Waals surface area contributed by atoms with Gasteiger partial charge in [-0.1, -0.05) is 11.6 Å². The average Bonchev–Trinajstić information content (AvgIpc) is 2.94. The van der Waals surface area contributed by atoms with Gasteiger partial charge >= 0.3 is 11.4 Å². The van der Waals surface area contributed by atoms with Crippen LogP contribution in [0.15, 0.2) is 67.7 Å². The number of hydrogen-bond acceptors (Lipinski definition) is 6. The van der Waals surface area contributed by atoms with Gasteiger partial charge in [0, 0.05) is 62.0 Å². The van der Waals surface area contributed by atoms with Crippen LogP contribution in [0.25, 0.3) is 11.4 Å². The molecule has 0 amide bonds. The highest BCUT2D eigenvalue weighted by Gasteiger charge is 2.45. The number of benzene rings is 2. The summed E-state index contributed by atoms with van der Waals surface area (Å²) in [6, 6.07) is 6.58. The maximum Gasteiger partial charge on any atom is 0.334 e. The van der Waals surface area contributed by atoms with E-state index in [1.807, 2.05) is 6.92 Å². The first kappa shape index (κ1) is 44.0. The van der Waals surface area contributed by atoms with Gasteiger partial charge in [-0.25, -0.2) is 53.8 Å². The topological polar surface area (TPSA) is 148 Å². The summed E-state index contributed by atoms with van der Waals surface area (Å²) in [5.41, 5.74) is 1.73. The standard InChI is InChI=1S/C17H17F4N3O2.C10H5ClF2N2O2.C7H13F2N.ClH/c1-9(2-10-7-17(20,21)8-10)22-14-6-15(25)24(16(26)23-14)13-4-11(18)3-12(19)5-13;11-8-4-9(16)15(10(17)14-8)7-2-5(12)1-6(13)3-7;1-5(10)2-6-3-7(8,9)4-6;/h3-6,9-10,22H,2,7-8H2,1H3,(H,23,26);1-4H,(H,14,17);5-6H,2-4,10H2,1H3;1H/p-1/t9-;;5-;/m0.0./s1. The molecule has 5 N–H and O–H groups in total. The van der Waals surface area contributed by atoms with E-state index in [0.717, 1.165) is 42.8 Å². The van der Waals surface area contributed by atoms with Crippen molar-refractivity contribution in [3.63, 3.8) is 0 Å². The van der Waals surface area contributed by atoms with Gasteiger partial charge in [-0.2, -0.15) is 0 Å². The van der Waals surface area contributed by atoms with Crippen LogP contribution in [0.1, 0.15) is 52.4 Å². The Labute approximate surface area is 312 Å². The van der Waals surface area contributed by atoms with Crippen molar-refractivity contribution in [2.24, 2.45) is 17.6 Å². The van der Waals surface area contributed by atoms with E-state index in [2.05, 4.69) is 15.3 Å². The summed E-state index contributed by atoms with van der Waals surface area (Å²) in [4.78, 5) is 51.9. The lowest BCUT2D eigenvalue weighted by atomic mass is 9.78. The van der Waals surface area contributed by atoms with E-state index in [0.29, 0.717) is 27.7 Å². The summed E-state index contributed by atoms with van der Waals surface area (Å²) < 4.78 is 104. The molecule has 2 fully saturated rings. The SMILES string of the molecule is C[C@@H](CC1CC(F)(F)C1)Nc1cc(=O)n(-c2cc(F)cc(F)c2)c(=O)[nH]1.C[C@H](N)CC1CC(F)(F)C1.O=c1cc(Cl)[nH]c(=O)n1-c1cc(F)cc(F)c1.[Cl-]. The Morgan fingerprint density at radius 3 is 1.46 bits per heavy atom. The third-order valence-electron chi connectivity index (χ3n) is 8.19. The number of aromatic nitrogens is 4. The number of aromatic amines is 2. The van der Waals surface area contributed by atoms with Crippen LogP contribution in [0.4, 0.5) is 40.9 Å². The minimum absolute atomic E-state index is 0. The monoisotopic (exact) mass is 813 g/mol. The molecule has 296 valence electrons. The zero-order valence-corrected chi connectivity index (χ0v) is 30.1. The zero-order valence-electron chi connectivity index (χ0n) is 28.6. The number of alkyl halides is 4. The molecule has 2 heterocycles. The van der Waals surface area contributed by atoms with Gasteiger partial charge in [0.05, 0.1) is 11.4 Å². The lowest BCUT2D eigenvalue weighted by Crippen LogP contribution is -3.00. The largest absolute Gasteiger partial charge is 1.00 e. The van der Waals surface area contributed by atoms with Gasteiger partial charge in [0.15, 0.2) is 0 Å². The highest BCUT2D eigenvalue weighted by molar-refractivity contribution is 6.29. The van der Waals surface area contributed by atoms with Crippen LogP contribution in [0.3, 0.4) is 0 Å². The number of rotatable bonds is 8. The average molecular weight is 815 g/mol. The molecule has 2 aliphatic carbocycles. The highest BCUT2D eigenvalue weighted by Crippen LogP contribution is 2.45. The van der Waals surface area contributed by atoms with Crippen LogP contribution < -0.4 is 46.0 Å². The summed E-state index contributed by atoms with van der Waals surface area (Å²) in [5, 5.41) is 2.74. The molecule has 54 heavy (non-hydrogen) atoms. The fourth-order valence-electron chi connectivity index (χ4n) is 6.12. The van der Waals surface area contributed by atoms with Crippen LogP contribution >= 0.6 is 11.6 Å². The van der Waals surface area contributed by atoms with E-state index in [1.54, 1.807) is 6.92 Å². The molecule has 0 aliphatic heterocycles. The van der Waals surface area contributed by atoms with E-state index in [4.69, 9.17) is 17.3 Å². The van der Waals surface area contributed by atoms with Gasteiger partial charge < -0.3 is 23.5 Å². The lowest BCUT2D eigenvalue weighted by Gasteiger charge is -2.36. The van der Waals surface area contributed by atoms with E-state index in [1.165, 1.54) is 0 Å². The Hall–Kier alpha value is -4.42. The second kappa shape index (κ2) is 17.8. The molecule has 10 nitrogen and oxygen atoms in total.